The molecule has 53 nitrogen and oxygen atoms in total. The lowest BCUT2D eigenvalue weighted by Crippen LogP contribution is -2.68. The maximum Gasteiger partial charge on any atom is 0.331 e. The van der Waals surface area contributed by atoms with Gasteiger partial charge in [-0.15, -0.1) is 0 Å². The summed E-state index contributed by atoms with van der Waals surface area (Å²) in [6.45, 7) is -6.84. The summed E-state index contributed by atoms with van der Waals surface area (Å²) in [5.41, 5.74) is -2.28. The number of nitrogens with zero attached hydrogens (tertiary/aromatic N) is 1. The van der Waals surface area contributed by atoms with Gasteiger partial charge in [0.05, 0.1) is 82.5 Å². The molecule has 21 saturated heterocycles. The third-order valence-electron chi connectivity index (χ3n) is 23.6. The van der Waals surface area contributed by atoms with Gasteiger partial charge in [-0.05, 0) is 45.7 Å². The first-order chi connectivity index (χ1) is 65.3. The van der Waals surface area contributed by atoms with Crippen LogP contribution in [0.1, 0.15) is 64.7 Å². The largest absolute Gasteiger partial charge is 0.464 e. The number of hydrogen-bond acceptors (Lipinski definition) is 50. The molecule has 0 aromatic carbocycles. The average Bonchev–Trinajstić information content (AvgIpc) is 0.807. The second-order valence-electron chi connectivity index (χ2n) is 33.6. The van der Waals surface area contributed by atoms with Crippen molar-refractivity contribution in [1.29, 1.82) is 0 Å². The molecule has 14 bridgehead atoms. The van der Waals surface area contributed by atoms with E-state index >= 15 is 0 Å². The van der Waals surface area contributed by atoms with E-state index in [1.165, 1.54) is 14.0 Å². The number of unbranched alkanes of at least 4 members (excludes halogenated alkanes) is 4. The fraction of sp³-hybridized carbons (Fsp3) is 0.825. The van der Waals surface area contributed by atoms with Gasteiger partial charge in [-0.3, -0.25) is 58.0 Å². The molecule has 24 N–H and O–H groups in total. The predicted molar refractivity (Wildman–Crippen MR) is 444 cm³/mol. The SMILES string of the molecule is CN[C@H](CSCC1O[C@H]2O[C@@H]3C(CO)O[C@H](O[C@@H]4C(CO)O[C@H](O[C@@H]5C(CO)O[C@H](O[C@@H]6C(CSC[C@@H](CC(=O)COCCOCC(C)=O)C(=O)NCCCCCC(=O)OCC7C=C(F)C(=O)NC7=O)O[C@H](O[C@@H]7C(CO)O[C@@H](O[C@@H]8C(CO)O[C@@H](O[C@H]1[C@H](O)C2O)C(O)[C@H]8O)C(O)[C@H]7O)C(O)[C@H]6O)C(O)[C@H]5O)C(O)[C@H]4O)C(O)[C@H]3O)C(=O)NCCCCCC(=O)OCn1cc(F)c(=O)[nH]c1=O. The number of imide groups is 1. The molecule has 0 spiro atoms. The van der Waals surface area contributed by atoms with Crippen molar-refractivity contribution in [3.8, 4) is 0 Å². The number of aromatic nitrogens is 2. The van der Waals surface area contributed by atoms with Crippen molar-refractivity contribution in [3.05, 3.63) is 44.8 Å². The quantitative estimate of drug-likeness (QED) is 0.0164. The number of nitrogens with one attached hydrogen (secondary N) is 5. The first-order valence-corrected chi connectivity index (χ1v) is 46.5. The highest BCUT2D eigenvalue weighted by molar-refractivity contribution is 7.99. The number of Topliss-reactive ketones (excluding diaryl/α,β-unsaturated/α-hetero) is 2. The number of ketones is 2. The summed E-state index contributed by atoms with van der Waals surface area (Å²) < 4.78 is 133. The number of esters is 2. The van der Waals surface area contributed by atoms with E-state index < -0.39 is 368 Å². The molecule has 38 atom stereocenters. The molecule has 137 heavy (non-hydrogen) atoms. The van der Waals surface area contributed by atoms with Gasteiger partial charge in [-0.1, -0.05) is 12.8 Å². The summed E-state index contributed by atoms with van der Waals surface area (Å²) in [4.78, 5) is 126. The van der Waals surface area contributed by atoms with Crippen LogP contribution < -0.4 is 32.5 Å². The summed E-state index contributed by atoms with van der Waals surface area (Å²) in [5.74, 6) is -12.3. The van der Waals surface area contributed by atoms with Crippen molar-refractivity contribution in [1.82, 2.24) is 30.8 Å². The van der Waals surface area contributed by atoms with Crippen LogP contribution in [0.4, 0.5) is 8.78 Å². The number of aliphatic hydroxyl groups is 19. The minimum atomic E-state index is -2.39. The lowest BCUT2D eigenvalue weighted by atomic mass is 9.95. The summed E-state index contributed by atoms with van der Waals surface area (Å²) in [7, 11) is 1.43. The zero-order valence-corrected chi connectivity index (χ0v) is 75.6. The van der Waals surface area contributed by atoms with Crippen molar-refractivity contribution in [3.63, 3.8) is 0 Å². The summed E-state index contributed by atoms with van der Waals surface area (Å²) in [6.07, 6.45) is -72.9. The standard InChI is InChI=1S/C80H122F2N6O47S2/c1-31(94)23-118-13-14-119-25-34(95)15-33(68(112)84-11-7-3-5-9-45(96)120-24-32-16-35(81)70(114)86-69(32)113)26-136-28-43-66-52(103)59(110)78(127-43)132-64-41(21-92)123-75(55(106)48(64)99)131-63-40(20-91)126-77(58(109)51(63)102)135-67-44(29-137-27-37(83-2)72(116)85-12-8-4-6-10-46(97)121-30-88-17-36(82)71(115)87-80(88)117)128-79(60(111)53(67)104)133-65-42(22-93)124-74(56(107)49(65)100)129-61-38(18-89)122-73(54(105)47(61)98)130-62-39(19-90)125-76(134-66)57(108)50(62)101/h16-17,32-33,37-44,47-67,73-79,83,89-93,98-111H,3-15,18-30H2,1-2H3,(H,84,112)(H,85,116)(H,86,113,114)(H,87,115,117)/t32?,33-,37-,38?,39?,40?,41?,42?,43?,44?,47-,48-,49-,50-,51-,52-,53-,54?,55?,56?,57?,58?,59?,60?,61-,62-,63-,64-,65-,66-,67-,73-,74-,75+,76-,77+,78-,79+/m1/s1. The molecule has 1 aromatic rings. The minimum absolute atomic E-state index is 0.0508. The lowest BCUT2D eigenvalue weighted by Gasteiger charge is -2.50. The van der Waals surface area contributed by atoms with Gasteiger partial charge in [0.25, 0.3) is 11.5 Å². The van der Waals surface area contributed by atoms with Crippen LogP contribution in [0.2, 0.25) is 0 Å². The number of H-pyrrole nitrogens is 1. The van der Waals surface area contributed by atoms with Crippen LogP contribution in [0.15, 0.2) is 27.7 Å². The van der Waals surface area contributed by atoms with Crippen molar-refractivity contribution in [2.45, 2.75) is 292 Å². The Labute approximate surface area is 786 Å². The van der Waals surface area contributed by atoms with E-state index in [1.54, 1.807) is 10.3 Å². The number of aliphatic hydroxyl groups excluding tert-OH is 19. The number of rotatable bonds is 41. The third kappa shape index (κ3) is 29.8. The maximum absolute atomic E-state index is 14.2. The number of ether oxygens (including phenoxy) is 18. The molecule has 0 aliphatic carbocycles. The van der Waals surface area contributed by atoms with Crippen LogP contribution in [-0.2, 0) is 130 Å². The lowest BCUT2D eigenvalue weighted by molar-refractivity contribution is -0.395. The molecule has 15 unspecified atom stereocenters. The highest BCUT2D eigenvalue weighted by Gasteiger charge is 2.60. The second-order valence-corrected chi connectivity index (χ2v) is 35.8. The number of thioether (sulfide) groups is 2. The molecule has 21 fully saturated rings. The van der Waals surface area contributed by atoms with Crippen LogP contribution in [-0.4, -0.2) is 484 Å². The molecule has 22 aliphatic heterocycles. The number of carbonyl (C=O) groups excluding carboxylic acids is 8. The summed E-state index contributed by atoms with van der Waals surface area (Å²) in [6, 6.07) is -1.02. The number of hydrogen-bond donors (Lipinski definition) is 24. The average molecular weight is 2020 g/mol. The molecular weight excluding hydrogens is 1900 g/mol. The number of halogens is 2. The number of carbonyl (C=O) groups is 8. The fourth-order valence-electron chi connectivity index (χ4n) is 16.0. The van der Waals surface area contributed by atoms with E-state index in [9.17, 15) is 154 Å². The molecule has 57 heteroatoms. The van der Waals surface area contributed by atoms with Gasteiger partial charge in [0.2, 0.25) is 23.5 Å². The Balaban J connectivity index is 0.877. The minimum Gasteiger partial charge on any atom is -0.464 e. The molecule has 23 heterocycles. The zero-order chi connectivity index (χ0) is 99.9. The van der Waals surface area contributed by atoms with Crippen molar-refractivity contribution < 1.29 is 229 Å². The third-order valence-corrected chi connectivity index (χ3v) is 26.0. The van der Waals surface area contributed by atoms with Gasteiger partial charge in [-0.2, -0.15) is 27.9 Å². The molecule has 0 saturated carbocycles. The van der Waals surface area contributed by atoms with Crippen LogP contribution in [0.3, 0.4) is 0 Å². The van der Waals surface area contributed by atoms with E-state index in [4.69, 9.17) is 85.3 Å². The van der Waals surface area contributed by atoms with Gasteiger partial charge < -0.3 is 198 Å². The highest BCUT2D eigenvalue weighted by atomic mass is 32.2. The van der Waals surface area contributed by atoms with Crippen molar-refractivity contribution in [2.75, 3.05) is 109 Å². The van der Waals surface area contributed by atoms with Gasteiger partial charge in [-0.25, -0.2) is 9.18 Å². The predicted octanol–water partition coefficient (Wildman–Crippen LogP) is -13.8. The molecule has 23 rings (SSSR count). The van der Waals surface area contributed by atoms with Crippen LogP contribution in [0.25, 0.3) is 0 Å². The Bertz CT molecular complexity index is 4190. The smallest absolute Gasteiger partial charge is 0.331 e. The number of aromatic amines is 1. The van der Waals surface area contributed by atoms with Crippen LogP contribution >= 0.6 is 23.5 Å². The molecule has 780 valence electrons. The Hall–Kier alpha value is -6.10. The van der Waals surface area contributed by atoms with Gasteiger partial charge >= 0.3 is 17.6 Å². The Morgan fingerprint density at radius 3 is 1.18 bits per heavy atom. The summed E-state index contributed by atoms with van der Waals surface area (Å²) in [5, 5.41) is 232. The Morgan fingerprint density at radius 2 is 0.803 bits per heavy atom. The molecule has 1 aromatic heterocycles. The number of likely N-dealkylation sites (N-methyl/N-ethyl adjacent to an activating group) is 1. The Kier molecular flexibility index (Phi) is 44.5. The van der Waals surface area contributed by atoms with Gasteiger partial charge in [0, 0.05) is 55.4 Å². The molecule has 4 amide bonds. The zero-order valence-electron chi connectivity index (χ0n) is 73.9. The van der Waals surface area contributed by atoms with E-state index in [0.29, 0.717) is 30.0 Å². The first kappa shape index (κ1) is 113. The Morgan fingerprint density at radius 1 is 0.453 bits per heavy atom. The van der Waals surface area contributed by atoms with Crippen molar-refractivity contribution >= 4 is 70.7 Å². The normalized spacial score (nSPS) is 37.7. The van der Waals surface area contributed by atoms with E-state index in [-0.39, 0.29) is 82.3 Å². The summed E-state index contributed by atoms with van der Waals surface area (Å²) >= 11 is 1.75. The number of amides is 4. The highest BCUT2D eigenvalue weighted by Crippen LogP contribution is 2.41. The maximum atomic E-state index is 14.2. The van der Waals surface area contributed by atoms with Crippen LogP contribution in [0.5, 0.6) is 0 Å². The molecule has 22 aliphatic rings. The topological polar surface area (TPSA) is 790 Å². The fourth-order valence-corrected chi connectivity index (χ4v) is 18.4. The molecular formula is C80H122F2N6O47S2. The van der Waals surface area contributed by atoms with Gasteiger partial charge in [0.15, 0.2) is 68.2 Å². The monoisotopic (exact) mass is 2020 g/mol. The second kappa shape index (κ2) is 54.0. The van der Waals surface area contributed by atoms with Crippen molar-refractivity contribution in [2.24, 2.45) is 11.8 Å². The first-order valence-electron chi connectivity index (χ1n) is 44.2. The van der Waals surface area contributed by atoms with Crippen LogP contribution in [0, 0.1) is 17.7 Å². The van der Waals surface area contributed by atoms with E-state index in [1.807, 2.05) is 0 Å². The van der Waals surface area contributed by atoms with E-state index in [0.717, 1.165) is 29.6 Å². The van der Waals surface area contributed by atoms with Gasteiger partial charge in [0.1, 0.15) is 179 Å². The van der Waals surface area contributed by atoms with E-state index in [2.05, 4.69) is 16.0 Å². The molecule has 0 radical (unpaired) electrons.